The molecule has 0 saturated carbocycles. The smallest absolute Gasteiger partial charge is 0.338 e. The standard InChI is InChI=1S/C10H10BrClO2/c1-2-14-10(13)9-4-3-8(12)5-7(9)6-11/h3-5H,2,6H2,1H3. The maximum atomic E-state index is 11.4. The Morgan fingerprint density at radius 1 is 1.57 bits per heavy atom. The number of rotatable bonds is 3. The van der Waals surface area contributed by atoms with Crippen molar-refractivity contribution in [1.29, 1.82) is 0 Å². The molecule has 0 radical (unpaired) electrons. The lowest BCUT2D eigenvalue weighted by Gasteiger charge is -2.06. The van der Waals surface area contributed by atoms with Gasteiger partial charge >= 0.3 is 5.97 Å². The van der Waals surface area contributed by atoms with E-state index >= 15 is 0 Å². The van der Waals surface area contributed by atoms with Crippen LogP contribution in [0.25, 0.3) is 0 Å². The van der Waals surface area contributed by atoms with Crippen LogP contribution >= 0.6 is 27.5 Å². The molecular weight excluding hydrogens is 267 g/mol. The molecule has 0 amide bonds. The van der Waals surface area contributed by atoms with Gasteiger partial charge in [-0.2, -0.15) is 0 Å². The van der Waals surface area contributed by atoms with Crippen LogP contribution in [-0.2, 0) is 10.1 Å². The molecule has 1 rings (SSSR count). The second-order valence-electron chi connectivity index (χ2n) is 2.66. The van der Waals surface area contributed by atoms with Gasteiger partial charge in [-0.3, -0.25) is 0 Å². The molecule has 2 nitrogen and oxygen atoms in total. The quantitative estimate of drug-likeness (QED) is 0.625. The minimum atomic E-state index is -0.307. The van der Waals surface area contributed by atoms with E-state index in [2.05, 4.69) is 15.9 Å². The van der Waals surface area contributed by atoms with Gasteiger partial charge in [-0.05, 0) is 30.7 Å². The molecular formula is C10H10BrClO2. The molecule has 14 heavy (non-hydrogen) atoms. The zero-order chi connectivity index (χ0) is 10.6. The summed E-state index contributed by atoms with van der Waals surface area (Å²) in [5.41, 5.74) is 1.41. The van der Waals surface area contributed by atoms with Crippen molar-refractivity contribution in [3.8, 4) is 0 Å². The van der Waals surface area contributed by atoms with Gasteiger partial charge in [-0.1, -0.05) is 27.5 Å². The Morgan fingerprint density at radius 2 is 2.29 bits per heavy atom. The zero-order valence-corrected chi connectivity index (χ0v) is 10.1. The first-order valence-electron chi connectivity index (χ1n) is 4.20. The Labute approximate surface area is 96.3 Å². The second kappa shape index (κ2) is 5.37. The lowest BCUT2D eigenvalue weighted by molar-refractivity contribution is 0.0525. The van der Waals surface area contributed by atoms with E-state index in [1.54, 1.807) is 25.1 Å². The highest BCUT2D eigenvalue weighted by molar-refractivity contribution is 9.08. The van der Waals surface area contributed by atoms with E-state index < -0.39 is 0 Å². The Bertz CT molecular complexity index is 339. The Hall–Kier alpha value is -0.540. The third-order valence-electron chi connectivity index (χ3n) is 1.71. The molecule has 76 valence electrons. The highest BCUT2D eigenvalue weighted by Gasteiger charge is 2.11. The van der Waals surface area contributed by atoms with Gasteiger partial charge < -0.3 is 4.74 Å². The lowest BCUT2D eigenvalue weighted by Crippen LogP contribution is -2.07. The van der Waals surface area contributed by atoms with Crippen molar-refractivity contribution in [3.05, 3.63) is 34.3 Å². The number of alkyl halides is 1. The maximum Gasteiger partial charge on any atom is 0.338 e. The minimum absolute atomic E-state index is 0.307. The maximum absolute atomic E-state index is 11.4. The molecule has 0 heterocycles. The number of halogens is 2. The Kier molecular flexibility index (Phi) is 4.42. The molecule has 0 atom stereocenters. The van der Waals surface area contributed by atoms with Gasteiger partial charge in [0, 0.05) is 10.4 Å². The predicted octanol–water partition coefficient (Wildman–Crippen LogP) is 3.41. The van der Waals surface area contributed by atoms with Crippen molar-refractivity contribution in [2.45, 2.75) is 12.3 Å². The number of hydrogen-bond acceptors (Lipinski definition) is 2. The van der Waals surface area contributed by atoms with Crippen LogP contribution in [0.4, 0.5) is 0 Å². The fraction of sp³-hybridized carbons (Fsp3) is 0.300. The summed E-state index contributed by atoms with van der Waals surface area (Å²) in [6, 6.07) is 5.11. The van der Waals surface area contributed by atoms with Gasteiger partial charge in [0.1, 0.15) is 0 Å². The largest absolute Gasteiger partial charge is 0.462 e. The van der Waals surface area contributed by atoms with E-state index in [9.17, 15) is 4.79 Å². The molecule has 4 heteroatoms. The van der Waals surface area contributed by atoms with Gasteiger partial charge in [0.15, 0.2) is 0 Å². The van der Waals surface area contributed by atoms with Gasteiger partial charge in [0.25, 0.3) is 0 Å². The summed E-state index contributed by atoms with van der Waals surface area (Å²) in [6.45, 7) is 2.16. The van der Waals surface area contributed by atoms with E-state index in [0.717, 1.165) is 5.56 Å². The van der Waals surface area contributed by atoms with Gasteiger partial charge in [-0.15, -0.1) is 0 Å². The average molecular weight is 278 g/mol. The SMILES string of the molecule is CCOC(=O)c1ccc(Cl)cc1CBr. The number of hydrogen-bond donors (Lipinski definition) is 0. The first-order valence-corrected chi connectivity index (χ1v) is 5.70. The summed E-state index contributed by atoms with van der Waals surface area (Å²) in [4.78, 5) is 11.4. The highest BCUT2D eigenvalue weighted by atomic mass is 79.9. The summed E-state index contributed by atoms with van der Waals surface area (Å²) >= 11 is 9.10. The number of benzene rings is 1. The van der Waals surface area contributed by atoms with Crippen molar-refractivity contribution in [2.75, 3.05) is 6.61 Å². The second-order valence-corrected chi connectivity index (χ2v) is 3.65. The van der Waals surface area contributed by atoms with Crippen LogP contribution in [0.1, 0.15) is 22.8 Å². The van der Waals surface area contributed by atoms with Crippen LogP contribution in [-0.4, -0.2) is 12.6 Å². The molecule has 0 unspecified atom stereocenters. The highest BCUT2D eigenvalue weighted by Crippen LogP contribution is 2.19. The third kappa shape index (κ3) is 2.72. The van der Waals surface area contributed by atoms with Crippen LogP contribution in [0.3, 0.4) is 0 Å². The first kappa shape index (κ1) is 11.5. The van der Waals surface area contributed by atoms with E-state index in [-0.39, 0.29) is 5.97 Å². The van der Waals surface area contributed by atoms with E-state index in [4.69, 9.17) is 16.3 Å². The van der Waals surface area contributed by atoms with Crippen LogP contribution < -0.4 is 0 Å². The topological polar surface area (TPSA) is 26.3 Å². The molecule has 1 aromatic carbocycles. The van der Waals surface area contributed by atoms with Crippen LogP contribution in [0, 0.1) is 0 Å². The summed E-state index contributed by atoms with van der Waals surface area (Å²) in [5.74, 6) is -0.307. The Morgan fingerprint density at radius 3 is 2.86 bits per heavy atom. The Balaban J connectivity index is 3.01. The fourth-order valence-electron chi connectivity index (χ4n) is 1.08. The molecule has 0 aromatic heterocycles. The normalized spacial score (nSPS) is 9.93. The van der Waals surface area contributed by atoms with Crippen LogP contribution in [0.2, 0.25) is 5.02 Å². The summed E-state index contributed by atoms with van der Waals surface area (Å²) < 4.78 is 4.91. The van der Waals surface area contributed by atoms with Gasteiger partial charge in [0.2, 0.25) is 0 Å². The van der Waals surface area contributed by atoms with Crippen LogP contribution in [0.5, 0.6) is 0 Å². The number of esters is 1. The monoisotopic (exact) mass is 276 g/mol. The molecule has 0 aliphatic carbocycles. The van der Waals surface area contributed by atoms with Crippen molar-refractivity contribution >= 4 is 33.5 Å². The fourth-order valence-corrected chi connectivity index (χ4v) is 1.74. The van der Waals surface area contributed by atoms with E-state index in [1.165, 1.54) is 0 Å². The predicted molar refractivity (Wildman–Crippen MR) is 60.0 cm³/mol. The number of carbonyl (C=O) groups excluding carboxylic acids is 1. The van der Waals surface area contributed by atoms with Gasteiger partial charge in [0.05, 0.1) is 12.2 Å². The van der Waals surface area contributed by atoms with Crippen molar-refractivity contribution in [1.82, 2.24) is 0 Å². The lowest BCUT2D eigenvalue weighted by atomic mass is 10.1. The van der Waals surface area contributed by atoms with E-state index in [0.29, 0.717) is 22.5 Å². The molecule has 0 aliphatic heterocycles. The molecule has 0 N–H and O–H groups in total. The van der Waals surface area contributed by atoms with Crippen molar-refractivity contribution in [2.24, 2.45) is 0 Å². The molecule has 0 bridgehead atoms. The van der Waals surface area contributed by atoms with E-state index in [1.807, 2.05) is 0 Å². The molecule has 1 aromatic rings. The average Bonchev–Trinajstić information content (AvgIpc) is 2.17. The molecule has 0 aliphatic rings. The van der Waals surface area contributed by atoms with Crippen molar-refractivity contribution in [3.63, 3.8) is 0 Å². The van der Waals surface area contributed by atoms with Crippen molar-refractivity contribution < 1.29 is 9.53 Å². The molecule has 0 spiro atoms. The summed E-state index contributed by atoms with van der Waals surface area (Å²) in [7, 11) is 0. The first-order chi connectivity index (χ1) is 6.69. The number of carbonyl (C=O) groups is 1. The third-order valence-corrected chi connectivity index (χ3v) is 2.55. The molecule has 0 fully saturated rings. The summed E-state index contributed by atoms with van der Waals surface area (Å²) in [5, 5.41) is 1.20. The zero-order valence-electron chi connectivity index (χ0n) is 7.72. The van der Waals surface area contributed by atoms with Crippen LogP contribution in [0.15, 0.2) is 18.2 Å². The molecule has 0 saturated heterocycles. The number of ether oxygens (including phenoxy) is 1. The summed E-state index contributed by atoms with van der Waals surface area (Å²) in [6.07, 6.45) is 0. The minimum Gasteiger partial charge on any atom is -0.462 e. The van der Waals surface area contributed by atoms with Gasteiger partial charge in [-0.25, -0.2) is 4.79 Å².